The van der Waals surface area contributed by atoms with Crippen molar-refractivity contribution in [2.24, 2.45) is 0 Å². The average Bonchev–Trinajstić information content (AvgIpc) is 3.03. The Hall–Kier alpha value is -2.27. The van der Waals surface area contributed by atoms with Crippen LogP contribution in [0.3, 0.4) is 0 Å². The van der Waals surface area contributed by atoms with Gasteiger partial charge in [-0.3, -0.25) is 9.59 Å². The first-order valence-electron chi connectivity index (χ1n) is 7.26. The third kappa shape index (κ3) is 4.60. The van der Waals surface area contributed by atoms with E-state index in [-0.39, 0.29) is 18.2 Å². The molecule has 2 N–H and O–H groups in total. The number of hydrogen-bond acceptors (Lipinski definition) is 3. The normalized spacial score (nSPS) is 11.8. The van der Waals surface area contributed by atoms with Crippen molar-refractivity contribution in [3.05, 3.63) is 53.5 Å². The van der Waals surface area contributed by atoms with Crippen LogP contribution in [-0.4, -0.2) is 23.7 Å². The van der Waals surface area contributed by atoms with Crippen LogP contribution in [0.2, 0.25) is 0 Å². The molecule has 2 rings (SSSR count). The molecule has 5 nitrogen and oxygen atoms in total. The highest BCUT2D eigenvalue weighted by atomic mass is 35.5. The summed E-state index contributed by atoms with van der Waals surface area (Å²) in [6, 6.07) is 8.50. The van der Waals surface area contributed by atoms with E-state index in [1.54, 1.807) is 12.1 Å². The van der Waals surface area contributed by atoms with Gasteiger partial charge in [-0.25, -0.2) is 0 Å². The summed E-state index contributed by atoms with van der Waals surface area (Å²) in [6.07, 6.45) is 1.78. The molecule has 0 bridgehead atoms. The second kappa shape index (κ2) is 7.83. The number of nitrogens with one attached hydrogen (secondary N) is 2. The van der Waals surface area contributed by atoms with Crippen LogP contribution in [0.15, 0.2) is 41.0 Å². The van der Waals surface area contributed by atoms with E-state index in [0.717, 1.165) is 16.8 Å². The first kappa shape index (κ1) is 17.1. The van der Waals surface area contributed by atoms with E-state index in [1.165, 1.54) is 6.26 Å². The molecule has 2 aromatic rings. The summed E-state index contributed by atoms with van der Waals surface area (Å²) in [5.74, 6) is -0.301. The van der Waals surface area contributed by atoms with Gasteiger partial charge in [-0.15, -0.1) is 11.6 Å². The van der Waals surface area contributed by atoms with Crippen LogP contribution in [-0.2, 0) is 16.0 Å². The van der Waals surface area contributed by atoms with Crippen molar-refractivity contribution in [2.45, 2.75) is 26.3 Å². The first-order chi connectivity index (χ1) is 11.0. The molecule has 0 spiro atoms. The number of carbonyl (C=O) groups excluding carboxylic acids is 2. The molecule has 0 saturated carbocycles. The van der Waals surface area contributed by atoms with Gasteiger partial charge in [0.1, 0.15) is 17.7 Å². The number of rotatable bonds is 6. The van der Waals surface area contributed by atoms with E-state index in [0.29, 0.717) is 5.76 Å². The van der Waals surface area contributed by atoms with Gasteiger partial charge in [0, 0.05) is 12.1 Å². The van der Waals surface area contributed by atoms with Gasteiger partial charge in [-0.05, 0) is 37.1 Å². The van der Waals surface area contributed by atoms with E-state index < -0.39 is 11.9 Å². The van der Waals surface area contributed by atoms with Gasteiger partial charge in [0.05, 0.1) is 6.26 Å². The fourth-order valence-electron chi connectivity index (χ4n) is 2.29. The van der Waals surface area contributed by atoms with Crippen molar-refractivity contribution in [3.8, 4) is 0 Å². The summed E-state index contributed by atoms with van der Waals surface area (Å²) in [6.45, 7) is 3.84. The van der Waals surface area contributed by atoms with Crippen LogP contribution < -0.4 is 10.6 Å². The minimum absolute atomic E-state index is 0.203. The van der Waals surface area contributed by atoms with Crippen LogP contribution in [0, 0.1) is 13.8 Å². The molecule has 0 fully saturated rings. The maximum Gasteiger partial charge on any atom is 0.247 e. The number of anilines is 1. The van der Waals surface area contributed by atoms with Crippen LogP contribution in [0.5, 0.6) is 0 Å². The quantitative estimate of drug-likeness (QED) is 0.798. The van der Waals surface area contributed by atoms with Crippen LogP contribution in [0.1, 0.15) is 16.9 Å². The lowest BCUT2D eigenvalue weighted by Crippen LogP contribution is -2.45. The maximum absolute atomic E-state index is 12.6. The molecule has 0 saturated heterocycles. The zero-order chi connectivity index (χ0) is 16.8. The molecule has 1 heterocycles. The van der Waals surface area contributed by atoms with E-state index >= 15 is 0 Å². The molecular weight excluding hydrogens is 316 g/mol. The minimum Gasteiger partial charge on any atom is -0.469 e. The SMILES string of the molecule is Cc1cccc(C)c1NC(=O)[C@@H](Cc1ccco1)NC(=O)CCl. The summed E-state index contributed by atoms with van der Waals surface area (Å²) in [5.41, 5.74) is 2.67. The molecule has 1 aromatic carbocycles. The van der Waals surface area contributed by atoms with Crippen molar-refractivity contribution in [1.82, 2.24) is 5.32 Å². The summed E-state index contributed by atoms with van der Waals surface area (Å²) >= 11 is 5.53. The van der Waals surface area contributed by atoms with Gasteiger partial charge >= 0.3 is 0 Å². The smallest absolute Gasteiger partial charge is 0.247 e. The molecule has 0 aliphatic rings. The Morgan fingerprint density at radius 1 is 1.17 bits per heavy atom. The third-order valence-corrected chi connectivity index (χ3v) is 3.73. The van der Waals surface area contributed by atoms with Crippen molar-refractivity contribution in [2.75, 3.05) is 11.2 Å². The zero-order valence-corrected chi connectivity index (χ0v) is 13.8. The van der Waals surface area contributed by atoms with Crippen molar-refractivity contribution >= 4 is 29.1 Å². The molecule has 0 aliphatic carbocycles. The molecule has 0 aliphatic heterocycles. The summed E-state index contributed by atoms with van der Waals surface area (Å²) in [7, 11) is 0. The van der Waals surface area contributed by atoms with Crippen molar-refractivity contribution in [1.29, 1.82) is 0 Å². The summed E-state index contributed by atoms with van der Waals surface area (Å²) < 4.78 is 5.26. The summed E-state index contributed by atoms with van der Waals surface area (Å²) in [5, 5.41) is 5.50. The monoisotopic (exact) mass is 334 g/mol. The van der Waals surface area contributed by atoms with Gasteiger partial charge in [-0.2, -0.15) is 0 Å². The first-order valence-corrected chi connectivity index (χ1v) is 7.79. The Morgan fingerprint density at radius 3 is 2.43 bits per heavy atom. The van der Waals surface area contributed by atoms with Gasteiger partial charge in [0.25, 0.3) is 0 Å². The summed E-state index contributed by atoms with van der Waals surface area (Å²) in [4.78, 5) is 24.2. The van der Waals surface area contributed by atoms with E-state index in [2.05, 4.69) is 10.6 Å². The highest BCUT2D eigenvalue weighted by molar-refractivity contribution is 6.27. The lowest BCUT2D eigenvalue weighted by atomic mass is 10.1. The molecule has 122 valence electrons. The minimum atomic E-state index is -0.758. The standard InChI is InChI=1S/C17H19ClN2O3/c1-11-5-3-6-12(2)16(11)20-17(22)14(19-15(21)10-18)9-13-7-4-8-23-13/h3-8,14H,9-10H2,1-2H3,(H,19,21)(H,20,22)/t14-/m1/s1. The van der Waals surface area contributed by atoms with Crippen LogP contribution in [0.4, 0.5) is 5.69 Å². The number of para-hydroxylation sites is 1. The number of furan rings is 1. The Labute approximate surface area is 140 Å². The number of aryl methyl sites for hydroxylation is 2. The molecule has 0 radical (unpaired) electrons. The number of amides is 2. The number of benzene rings is 1. The highest BCUT2D eigenvalue weighted by Gasteiger charge is 2.23. The fourth-order valence-corrected chi connectivity index (χ4v) is 2.37. The van der Waals surface area contributed by atoms with Gasteiger partial charge in [0.15, 0.2) is 0 Å². The predicted molar refractivity (Wildman–Crippen MR) is 89.6 cm³/mol. The van der Waals surface area contributed by atoms with Crippen molar-refractivity contribution in [3.63, 3.8) is 0 Å². The van der Waals surface area contributed by atoms with Crippen LogP contribution in [0.25, 0.3) is 0 Å². The van der Waals surface area contributed by atoms with Gasteiger partial charge in [0.2, 0.25) is 11.8 Å². The Balaban J connectivity index is 2.16. The molecule has 2 amide bonds. The molecular formula is C17H19ClN2O3. The number of carbonyl (C=O) groups is 2. The Bertz CT molecular complexity index is 663. The largest absolute Gasteiger partial charge is 0.469 e. The second-order valence-electron chi connectivity index (χ2n) is 5.29. The maximum atomic E-state index is 12.6. The van der Waals surface area contributed by atoms with E-state index in [1.807, 2.05) is 32.0 Å². The van der Waals surface area contributed by atoms with Gasteiger partial charge in [-0.1, -0.05) is 18.2 Å². The zero-order valence-electron chi connectivity index (χ0n) is 13.1. The average molecular weight is 335 g/mol. The lowest BCUT2D eigenvalue weighted by molar-refractivity contribution is -0.125. The Kier molecular flexibility index (Phi) is 5.82. The number of halogens is 1. The molecule has 1 aromatic heterocycles. The molecule has 6 heteroatoms. The predicted octanol–water partition coefficient (Wildman–Crippen LogP) is 2.80. The second-order valence-corrected chi connectivity index (χ2v) is 5.56. The molecule has 23 heavy (non-hydrogen) atoms. The van der Waals surface area contributed by atoms with E-state index in [4.69, 9.17) is 16.0 Å². The lowest BCUT2D eigenvalue weighted by Gasteiger charge is -2.19. The Morgan fingerprint density at radius 2 is 1.87 bits per heavy atom. The molecule has 0 unspecified atom stereocenters. The van der Waals surface area contributed by atoms with Gasteiger partial charge < -0.3 is 15.1 Å². The number of hydrogen-bond donors (Lipinski definition) is 2. The topological polar surface area (TPSA) is 71.3 Å². The third-order valence-electron chi connectivity index (χ3n) is 3.49. The van der Waals surface area contributed by atoms with E-state index in [9.17, 15) is 9.59 Å². The molecule has 1 atom stereocenters. The highest BCUT2D eigenvalue weighted by Crippen LogP contribution is 2.20. The fraction of sp³-hybridized carbons (Fsp3) is 0.294. The van der Waals surface area contributed by atoms with Crippen LogP contribution >= 0.6 is 11.6 Å². The van der Waals surface area contributed by atoms with Crippen molar-refractivity contribution < 1.29 is 14.0 Å². The number of alkyl halides is 1.